The Morgan fingerprint density at radius 3 is 2.24 bits per heavy atom. The lowest BCUT2D eigenvalue weighted by Gasteiger charge is -1.99. The van der Waals surface area contributed by atoms with Crippen molar-refractivity contribution in [1.82, 2.24) is 0 Å². The van der Waals surface area contributed by atoms with E-state index in [1.165, 1.54) is 0 Å². The molecular weight excluding hydrogens is 212 g/mol. The van der Waals surface area contributed by atoms with Gasteiger partial charge in [-0.05, 0) is 37.1 Å². The number of rotatable bonds is 3. The van der Waals surface area contributed by atoms with Crippen LogP contribution in [0.5, 0.6) is 0 Å². The molecular formula is C14H15N2O+. The van der Waals surface area contributed by atoms with Gasteiger partial charge in [-0.1, -0.05) is 24.3 Å². The molecule has 0 heterocycles. The lowest BCUT2D eigenvalue weighted by molar-refractivity contribution is -0.427. The summed E-state index contributed by atoms with van der Waals surface area (Å²) >= 11 is 0. The molecule has 2 aromatic carbocycles. The Bertz CT molecular complexity index is 549. The Kier molecular flexibility index (Phi) is 3.19. The number of aryl methyl sites for hydroxylation is 2. The molecule has 0 aliphatic rings. The van der Waals surface area contributed by atoms with Crippen LogP contribution in [0, 0.1) is 18.8 Å². The van der Waals surface area contributed by atoms with Gasteiger partial charge in [0.25, 0.3) is 5.69 Å². The molecule has 2 aromatic rings. The third-order valence-corrected chi connectivity index (χ3v) is 2.48. The van der Waals surface area contributed by atoms with Gasteiger partial charge in [0.1, 0.15) is 5.69 Å². The maximum atomic E-state index is 11.9. The van der Waals surface area contributed by atoms with Crippen LogP contribution in [0.4, 0.5) is 11.4 Å². The standard InChI is InChI=1S/C14H15N2O/c1-11-5-3-7-13(9-11)15-16(17)14-8-4-6-12(2)10-14/h3-10H,1-2H3,(H,15,17)/q+1. The lowest BCUT2D eigenvalue weighted by atomic mass is 10.2. The first kappa shape index (κ1) is 11.3. The van der Waals surface area contributed by atoms with Crippen LogP contribution in [-0.2, 0) is 0 Å². The molecule has 3 nitrogen and oxygen atoms in total. The van der Waals surface area contributed by atoms with Crippen LogP contribution in [0.2, 0.25) is 0 Å². The molecule has 86 valence electrons. The van der Waals surface area contributed by atoms with Gasteiger partial charge in [-0.25, -0.2) is 0 Å². The zero-order chi connectivity index (χ0) is 12.3. The van der Waals surface area contributed by atoms with Crippen LogP contribution in [0.1, 0.15) is 11.1 Å². The summed E-state index contributed by atoms with van der Waals surface area (Å²) in [6.45, 7) is 3.96. The second-order valence-electron chi connectivity index (χ2n) is 4.11. The van der Waals surface area contributed by atoms with E-state index in [2.05, 4.69) is 5.43 Å². The quantitative estimate of drug-likeness (QED) is 0.640. The lowest BCUT2D eigenvalue weighted by Crippen LogP contribution is -2.10. The Labute approximate surface area is 101 Å². The SMILES string of the molecule is Cc1cccc(N[N+](=O)c2cccc(C)c2)c1. The molecule has 0 aliphatic carbocycles. The topological polar surface area (TPSA) is 32.1 Å². The van der Waals surface area contributed by atoms with Crippen molar-refractivity contribution < 1.29 is 4.87 Å². The van der Waals surface area contributed by atoms with Crippen molar-refractivity contribution in [3.8, 4) is 0 Å². The van der Waals surface area contributed by atoms with Gasteiger partial charge < -0.3 is 0 Å². The van der Waals surface area contributed by atoms with E-state index in [9.17, 15) is 4.91 Å². The summed E-state index contributed by atoms with van der Waals surface area (Å²) in [6.07, 6.45) is 0. The number of hydrogen-bond acceptors (Lipinski definition) is 1. The molecule has 17 heavy (non-hydrogen) atoms. The highest BCUT2D eigenvalue weighted by Crippen LogP contribution is 2.16. The third-order valence-electron chi connectivity index (χ3n) is 2.48. The highest BCUT2D eigenvalue weighted by Gasteiger charge is 2.13. The zero-order valence-electron chi connectivity index (χ0n) is 9.97. The third kappa shape index (κ3) is 2.91. The first-order chi connectivity index (χ1) is 8.15. The molecule has 0 aliphatic heterocycles. The van der Waals surface area contributed by atoms with Crippen molar-refractivity contribution in [2.24, 2.45) is 0 Å². The largest absolute Gasteiger partial charge is 0.292 e. The molecule has 0 spiro atoms. The number of hydrazine groups is 1. The van der Waals surface area contributed by atoms with Crippen LogP contribution >= 0.6 is 0 Å². The predicted molar refractivity (Wildman–Crippen MR) is 69.3 cm³/mol. The molecule has 0 bridgehead atoms. The highest BCUT2D eigenvalue weighted by atomic mass is 16.3. The molecule has 0 amide bonds. The first-order valence-corrected chi connectivity index (χ1v) is 5.52. The fourth-order valence-electron chi connectivity index (χ4n) is 1.65. The van der Waals surface area contributed by atoms with Gasteiger partial charge in [-0.15, -0.1) is 5.43 Å². The average molecular weight is 227 g/mol. The molecule has 0 fully saturated rings. The fraction of sp³-hybridized carbons (Fsp3) is 0.143. The summed E-state index contributed by atoms with van der Waals surface area (Å²) in [7, 11) is 0. The summed E-state index contributed by atoms with van der Waals surface area (Å²) in [6, 6.07) is 15.2. The van der Waals surface area contributed by atoms with Crippen LogP contribution in [-0.4, -0.2) is 4.87 Å². The minimum atomic E-state index is 0.603. The molecule has 1 N–H and O–H groups in total. The van der Waals surface area contributed by atoms with E-state index < -0.39 is 0 Å². The molecule has 0 unspecified atom stereocenters. The minimum absolute atomic E-state index is 0.603. The van der Waals surface area contributed by atoms with Gasteiger partial charge in [0, 0.05) is 12.1 Å². The second-order valence-corrected chi connectivity index (χ2v) is 4.11. The summed E-state index contributed by atoms with van der Waals surface area (Å²) in [4.78, 5) is 12.7. The average Bonchev–Trinajstić information content (AvgIpc) is 2.29. The summed E-state index contributed by atoms with van der Waals surface area (Å²) in [5, 5.41) is 0. The summed E-state index contributed by atoms with van der Waals surface area (Å²) < 4.78 is 0. The van der Waals surface area contributed by atoms with E-state index in [1.54, 1.807) is 6.07 Å². The van der Waals surface area contributed by atoms with E-state index in [1.807, 2.05) is 56.3 Å². The normalized spacial score (nSPS) is 10.0. The minimum Gasteiger partial charge on any atom is -0.114 e. The van der Waals surface area contributed by atoms with Crippen molar-refractivity contribution in [2.45, 2.75) is 13.8 Å². The monoisotopic (exact) mass is 227 g/mol. The molecule has 3 heteroatoms. The van der Waals surface area contributed by atoms with Gasteiger partial charge in [-0.2, -0.15) is 0 Å². The van der Waals surface area contributed by atoms with E-state index in [0.717, 1.165) is 21.7 Å². The molecule has 2 rings (SSSR count). The van der Waals surface area contributed by atoms with Gasteiger partial charge in [-0.3, -0.25) is 0 Å². The molecule has 0 saturated carbocycles. The van der Waals surface area contributed by atoms with Gasteiger partial charge in [0.05, 0.1) is 4.91 Å². The summed E-state index contributed by atoms with van der Waals surface area (Å²) in [5.41, 5.74) is 6.38. The molecule has 0 radical (unpaired) electrons. The number of nitrogens with zero attached hydrogens (tertiary/aromatic N) is 1. The highest BCUT2D eigenvalue weighted by molar-refractivity contribution is 5.44. The summed E-state index contributed by atoms with van der Waals surface area (Å²) in [5.74, 6) is 0. The maximum Gasteiger partial charge on any atom is 0.292 e. The van der Waals surface area contributed by atoms with E-state index in [4.69, 9.17) is 0 Å². The van der Waals surface area contributed by atoms with Crippen molar-refractivity contribution in [2.75, 3.05) is 5.43 Å². The smallest absolute Gasteiger partial charge is 0.114 e. The fourth-order valence-corrected chi connectivity index (χ4v) is 1.65. The van der Waals surface area contributed by atoms with E-state index >= 15 is 0 Å². The van der Waals surface area contributed by atoms with Crippen molar-refractivity contribution in [3.05, 3.63) is 64.6 Å². The van der Waals surface area contributed by atoms with E-state index in [-0.39, 0.29) is 0 Å². The molecule has 0 saturated heterocycles. The van der Waals surface area contributed by atoms with Crippen LogP contribution in [0.15, 0.2) is 48.5 Å². The number of nitroso groups, excluding NO2 is 1. The predicted octanol–water partition coefficient (Wildman–Crippen LogP) is 3.74. The first-order valence-electron chi connectivity index (χ1n) is 5.52. The number of anilines is 1. The van der Waals surface area contributed by atoms with Crippen molar-refractivity contribution >= 4 is 11.4 Å². The molecule has 0 aromatic heterocycles. The maximum absolute atomic E-state index is 11.9. The molecule has 0 atom stereocenters. The van der Waals surface area contributed by atoms with Gasteiger partial charge in [0.2, 0.25) is 0 Å². The number of benzene rings is 2. The van der Waals surface area contributed by atoms with Crippen LogP contribution in [0.3, 0.4) is 0 Å². The Hall–Kier alpha value is -2.16. The van der Waals surface area contributed by atoms with Crippen molar-refractivity contribution in [1.29, 1.82) is 0 Å². The van der Waals surface area contributed by atoms with Crippen LogP contribution < -0.4 is 5.43 Å². The number of hydrogen-bond donors (Lipinski definition) is 1. The zero-order valence-corrected chi connectivity index (χ0v) is 9.97. The second kappa shape index (κ2) is 4.78. The van der Waals surface area contributed by atoms with Crippen LogP contribution in [0.25, 0.3) is 0 Å². The van der Waals surface area contributed by atoms with Gasteiger partial charge >= 0.3 is 0 Å². The van der Waals surface area contributed by atoms with Gasteiger partial charge in [0.15, 0.2) is 4.87 Å². The Balaban J connectivity index is 2.17. The van der Waals surface area contributed by atoms with Crippen molar-refractivity contribution in [3.63, 3.8) is 0 Å². The Morgan fingerprint density at radius 2 is 1.59 bits per heavy atom. The number of nitrogens with one attached hydrogen (secondary N) is 1. The Morgan fingerprint density at radius 1 is 0.941 bits per heavy atom. The van der Waals surface area contributed by atoms with E-state index in [0.29, 0.717) is 5.69 Å².